The number of barbiturate groups is 1. The molecule has 3 aliphatic heterocycles. The van der Waals surface area contributed by atoms with Gasteiger partial charge in [-0.2, -0.15) is 0 Å². The number of hydrogen-bond acceptors (Lipinski definition) is 9. The largest absolute Gasteiger partial charge is 0.363 e. The van der Waals surface area contributed by atoms with Crippen LogP contribution in [0.25, 0.3) is 0 Å². The Kier molecular flexibility index (Phi) is 5.29. The summed E-state index contributed by atoms with van der Waals surface area (Å²) in [5.74, 6) is -1.72. The Hall–Kier alpha value is -4.94. The third-order valence-electron chi connectivity index (χ3n) is 7.34. The summed E-state index contributed by atoms with van der Waals surface area (Å²) in [5.41, 5.74) is -0.791. The molecular formula is C25H20FN7O5. The van der Waals surface area contributed by atoms with Crippen molar-refractivity contribution in [3.05, 3.63) is 82.4 Å². The molecule has 1 N–H and O–H groups in total. The Morgan fingerprint density at radius 1 is 1.05 bits per heavy atom. The summed E-state index contributed by atoms with van der Waals surface area (Å²) in [6.07, 6.45) is 3.00. The molecule has 13 heteroatoms. The van der Waals surface area contributed by atoms with E-state index in [1.165, 1.54) is 24.3 Å². The number of fused-ring (bicyclic) bond motifs is 4. The molecule has 0 bridgehead atoms. The zero-order chi connectivity index (χ0) is 26.6. The number of nitro benzene ring substituents is 1. The number of piperazine rings is 1. The lowest BCUT2D eigenvalue weighted by Gasteiger charge is -2.55. The molecular weight excluding hydrogens is 497 g/mol. The van der Waals surface area contributed by atoms with Gasteiger partial charge in [-0.3, -0.25) is 25.0 Å². The highest BCUT2D eigenvalue weighted by molar-refractivity contribution is 6.30. The zero-order valence-corrected chi connectivity index (χ0v) is 19.8. The Bertz CT molecular complexity index is 1490. The van der Waals surface area contributed by atoms with E-state index in [4.69, 9.17) is 0 Å². The second kappa shape index (κ2) is 8.57. The number of imide groups is 2. The molecule has 192 valence electrons. The molecule has 1 spiro atoms. The lowest BCUT2D eigenvalue weighted by Crippen LogP contribution is -2.75. The van der Waals surface area contributed by atoms with Gasteiger partial charge >= 0.3 is 6.03 Å². The fourth-order valence-corrected chi connectivity index (χ4v) is 5.58. The van der Waals surface area contributed by atoms with E-state index >= 15 is 0 Å². The third-order valence-corrected chi connectivity index (χ3v) is 7.34. The molecule has 0 aliphatic carbocycles. The molecule has 12 nitrogen and oxygen atoms in total. The molecule has 2 saturated heterocycles. The van der Waals surface area contributed by atoms with Crippen LogP contribution >= 0.6 is 0 Å². The summed E-state index contributed by atoms with van der Waals surface area (Å²) >= 11 is 0. The van der Waals surface area contributed by atoms with Gasteiger partial charge in [0.2, 0.25) is 11.9 Å². The Morgan fingerprint density at radius 3 is 2.50 bits per heavy atom. The SMILES string of the molecule is O=C1NC(=O)[C@@]2(Cc3cc([N+](=O)[O-])ccc3N3CCN(c4ncccn4)C[C@H]32)C(=O)N1c1ccc(F)cc1. The third kappa shape index (κ3) is 3.46. The normalized spacial score (nSPS) is 22.7. The predicted octanol–water partition coefficient (Wildman–Crippen LogP) is 2.04. The Labute approximate surface area is 214 Å². The highest BCUT2D eigenvalue weighted by Gasteiger charge is 2.63. The van der Waals surface area contributed by atoms with Crippen molar-refractivity contribution in [2.75, 3.05) is 34.3 Å². The molecule has 6 rings (SSSR count). The van der Waals surface area contributed by atoms with Crippen molar-refractivity contribution in [1.82, 2.24) is 15.3 Å². The molecule has 0 saturated carbocycles. The number of halogens is 1. The van der Waals surface area contributed by atoms with Crippen molar-refractivity contribution < 1.29 is 23.7 Å². The highest BCUT2D eigenvalue weighted by Crippen LogP contribution is 2.47. The number of carbonyl (C=O) groups excluding carboxylic acids is 3. The molecule has 4 amide bonds. The summed E-state index contributed by atoms with van der Waals surface area (Å²) in [6.45, 7) is 0.995. The van der Waals surface area contributed by atoms with E-state index in [1.54, 1.807) is 24.5 Å². The van der Waals surface area contributed by atoms with Crippen LogP contribution in [0.5, 0.6) is 0 Å². The molecule has 0 unspecified atom stereocenters. The summed E-state index contributed by atoms with van der Waals surface area (Å²) in [4.78, 5) is 65.0. The van der Waals surface area contributed by atoms with Gasteiger partial charge in [0.15, 0.2) is 5.41 Å². The summed E-state index contributed by atoms with van der Waals surface area (Å²) in [6, 6.07) is 9.11. The monoisotopic (exact) mass is 517 g/mol. The van der Waals surface area contributed by atoms with Crippen LogP contribution in [0.15, 0.2) is 60.9 Å². The number of nitrogens with one attached hydrogen (secondary N) is 1. The Balaban J connectivity index is 1.50. The Morgan fingerprint density at radius 2 is 1.79 bits per heavy atom. The molecule has 2 aromatic carbocycles. The number of hydrogen-bond donors (Lipinski definition) is 1. The van der Waals surface area contributed by atoms with Crippen LogP contribution in [-0.2, 0) is 16.0 Å². The lowest BCUT2D eigenvalue weighted by molar-refractivity contribution is -0.384. The van der Waals surface area contributed by atoms with Crippen LogP contribution in [0.1, 0.15) is 5.56 Å². The minimum absolute atomic E-state index is 0.0937. The molecule has 2 atom stereocenters. The zero-order valence-electron chi connectivity index (χ0n) is 19.8. The van der Waals surface area contributed by atoms with Gasteiger partial charge in [0.1, 0.15) is 5.82 Å². The van der Waals surface area contributed by atoms with E-state index in [-0.39, 0.29) is 24.3 Å². The second-order valence-corrected chi connectivity index (χ2v) is 9.30. The maximum atomic E-state index is 14.3. The van der Waals surface area contributed by atoms with Crippen molar-refractivity contribution in [3.63, 3.8) is 0 Å². The first-order valence-electron chi connectivity index (χ1n) is 11.8. The van der Waals surface area contributed by atoms with Crippen LogP contribution in [0.4, 0.5) is 32.2 Å². The van der Waals surface area contributed by atoms with Gasteiger partial charge in [-0.05, 0) is 42.0 Å². The van der Waals surface area contributed by atoms with E-state index in [0.717, 1.165) is 17.0 Å². The van der Waals surface area contributed by atoms with Crippen LogP contribution < -0.4 is 20.0 Å². The first-order chi connectivity index (χ1) is 18.3. The minimum Gasteiger partial charge on any atom is -0.363 e. The van der Waals surface area contributed by atoms with E-state index in [0.29, 0.717) is 30.3 Å². The fraction of sp³-hybridized carbons (Fsp3) is 0.240. The van der Waals surface area contributed by atoms with Gasteiger partial charge < -0.3 is 9.80 Å². The first kappa shape index (κ1) is 23.5. The topological polar surface area (TPSA) is 142 Å². The van der Waals surface area contributed by atoms with Gasteiger partial charge in [-0.1, -0.05) is 0 Å². The molecule has 3 aliphatic rings. The maximum Gasteiger partial charge on any atom is 0.335 e. The van der Waals surface area contributed by atoms with Crippen LogP contribution in [0, 0.1) is 21.3 Å². The average Bonchev–Trinajstić information content (AvgIpc) is 2.92. The number of urea groups is 1. The molecule has 3 aromatic rings. The molecule has 2 fully saturated rings. The second-order valence-electron chi connectivity index (χ2n) is 9.30. The number of aromatic nitrogens is 2. The molecule has 4 heterocycles. The van der Waals surface area contributed by atoms with Crippen LogP contribution in [0.2, 0.25) is 0 Å². The number of anilines is 3. The summed E-state index contributed by atoms with van der Waals surface area (Å²) in [7, 11) is 0. The molecule has 0 radical (unpaired) electrons. The van der Waals surface area contributed by atoms with Gasteiger partial charge in [0.05, 0.1) is 16.7 Å². The number of benzene rings is 2. The van der Waals surface area contributed by atoms with E-state index < -0.39 is 40.0 Å². The van der Waals surface area contributed by atoms with Gasteiger partial charge in [0, 0.05) is 56.3 Å². The maximum absolute atomic E-state index is 14.3. The average molecular weight is 517 g/mol. The van der Waals surface area contributed by atoms with E-state index in [9.17, 15) is 28.9 Å². The summed E-state index contributed by atoms with van der Waals surface area (Å²) in [5, 5.41) is 13.8. The first-order valence-corrected chi connectivity index (χ1v) is 11.8. The van der Waals surface area contributed by atoms with Crippen LogP contribution in [-0.4, -0.2) is 58.4 Å². The smallest absolute Gasteiger partial charge is 0.335 e. The van der Waals surface area contributed by atoms with Crippen molar-refractivity contribution in [2.24, 2.45) is 5.41 Å². The van der Waals surface area contributed by atoms with Crippen molar-refractivity contribution in [3.8, 4) is 0 Å². The van der Waals surface area contributed by atoms with Gasteiger partial charge in [-0.15, -0.1) is 0 Å². The predicted molar refractivity (Wildman–Crippen MR) is 132 cm³/mol. The molecule has 1 aromatic heterocycles. The van der Waals surface area contributed by atoms with Crippen molar-refractivity contribution in [1.29, 1.82) is 0 Å². The number of non-ortho nitro benzene ring substituents is 1. The highest BCUT2D eigenvalue weighted by atomic mass is 19.1. The summed E-state index contributed by atoms with van der Waals surface area (Å²) < 4.78 is 13.6. The quantitative estimate of drug-likeness (QED) is 0.314. The number of carbonyl (C=O) groups is 3. The fourth-order valence-electron chi connectivity index (χ4n) is 5.58. The van der Waals surface area contributed by atoms with E-state index in [2.05, 4.69) is 15.3 Å². The van der Waals surface area contributed by atoms with Crippen molar-refractivity contribution >= 4 is 40.9 Å². The van der Waals surface area contributed by atoms with Gasteiger partial charge in [0.25, 0.3) is 11.6 Å². The molecule has 38 heavy (non-hydrogen) atoms. The minimum atomic E-state index is -1.82. The number of nitro groups is 1. The number of amides is 4. The van der Waals surface area contributed by atoms with Gasteiger partial charge in [-0.25, -0.2) is 24.1 Å². The number of rotatable bonds is 3. The lowest BCUT2D eigenvalue weighted by atomic mass is 9.67. The van der Waals surface area contributed by atoms with E-state index in [1.807, 2.05) is 9.80 Å². The number of nitrogens with zero attached hydrogens (tertiary/aromatic N) is 6. The van der Waals surface area contributed by atoms with Crippen LogP contribution in [0.3, 0.4) is 0 Å². The standard InChI is InChI=1S/C25H20FN7O5/c26-16-2-4-17(5-3-16)32-22(35)25(21(34)29-24(32)36)13-15-12-18(33(37)38)6-7-19(15)31-11-10-30(14-20(25)31)23-27-8-1-9-28-23/h1-9,12,20H,10-11,13-14H2,(H,29,34,36)/t20-,25-/m0/s1. The van der Waals surface area contributed by atoms with Crippen molar-refractivity contribution in [2.45, 2.75) is 12.5 Å².